The standard InChI is InChI=1S/C19H22N2O4S2/c1-25-19(22)16-5-7-17(8-6-16)27(23,24)21-12-9-15(10-13-21)14-26-18-4-2-3-11-20-18/h2-8,11,15H,9-10,12-14H2,1H3. The van der Waals surface area contributed by atoms with Crippen LogP contribution < -0.4 is 0 Å². The number of esters is 1. The van der Waals surface area contributed by atoms with Crippen molar-refractivity contribution in [3.63, 3.8) is 0 Å². The van der Waals surface area contributed by atoms with Gasteiger partial charge in [-0.05, 0) is 55.2 Å². The zero-order valence-electron chi connectivity index (χ0n) is 15.1. The molecule has 1 aliphatic heterocycles. The van der Waals surface area contributed by atoms with Crippen LogP contribution in [-0.4, -0.2) is 49.6 Å². The van der Waals surface area contributed by atoms with E-state index < -0.39 is 16.0 Å². The van der Waals surface area contributed by atoms with Crippen molar-refractivity contribution in [1.29, 1.82) is 0 Å². The topological polar surface area (TPSA) is 76.6 Å². The van der Waals surface area contributed by atoms with Gasteiger partial charge in [0.05, 0.1) is 22.6 Å². The maximum absolute atomic E-state index is 12.8. The number of carbonyl (C=O) groups is 1. The predicted octanol–water partition coefficient (Wildman–Crippen LogP) is 3.06. The van der Waals surface area contributed by atoms with Crippen LogP contribution in [0, 0.1) is 5.92 Å². The molecule has 6 nitrogen and oxygen atoms in total. The van der Waals surface area contributed by atoms with Crippen LogP contribution in [0.1, 0.15) is 23.2 Å². The zero-order valence-corrected chi connectivity index (χ0v) is 16.7. The summed E-state index contributed by atoms with van der Waals surface area (Å²) in [6, 6.07) is 11.7. The largest absolute Gasteiger partial charge is 0.465 e. The van der Waals surface area contributed by atoms with Gasteiger partial charge >= 0.3 is 5.97 Å². The van der Waals surface area contributed by atoms with E-state index in [1.807, 2.05) is 18.2 Å². The number of pyridine rings is 1. The van der Waals surface area contributed by atoms with Crippen LogP contribution in [0.15, 0.2) is 58.6 Å². The van der Waals surface area contributed by atoms with Gasteiger partial charge in [0.2, 0.25) is 10.0 Å². The summed E-state index contributed by atoms with van der Waals surface area (Å²) in [7, 11) is -2.24. The van der Waals surface area contributed by atoms with Crippen LogP contribution in [0.4, 0.5) is 0 Å². The number of nitrogens with zero attached hydrogens (tertiary/aromatic N) is 2. The molecular weight excluding hydrogens is 384 g/mol. The average Bonchev–Trinajstić information content (AvgIpc) is 2.73. The SMILES string of the molecule is COC(=O)c1ccc(S(=O)(=O)N2CCC(CSc3ccccn3)CC2)cc1. The number of sulfonamides is 1. The Morgan fingerprint density at radius 1 is 1.19 bits per heavy atom. The first-order chi connectivity index (χ1) is 13.0. The van der Waals surface area contributed by atoms with Crippen molar-refractivity contribution >= 4 is 27.8 Å². The third kappa shape index (κ3) is 4.88. The number of hydrogen-bond donors (Lipinski definition) is 0. The van der Waals surface area contributed by atoms with Crippen molar-refractivity contribution in [3.05, 3.63) is 54.2 Å². The lowest BCUT2D eigenvalue weighted by Crippen LogP contribution is -2.38. The Hall–Kier alpha value is -1.90. The summed E-state index contributed by atoms with van der Waals surface area (Å²) in [4.78, 5) is 16.0. The Morgan fingerprint density at radius 2 is 1.89 bits per heavy atom. The summed E-state index contributed by atoms with van der Waals surface area (Å²) in [6.45, 7) is 1.02. The highest BCUT2D eigenvalue weighted by molar-refractivity contribution is 7.99. The number of piperidine rings is 1. The monoisotopic (exact) mass is 406 g/mol. The first kappa shape index (κ1) is 19.9. The van der Waals surface area contributed by atoms with E-state index in [-0.39, 0.29) is 4.90 Å². The van der Waals surface area contributed by atoms with Gasteiger partial charge in [-0.3, -0.25) is 0 Å². The van der Waals surface area contributed by atoms with Gasteiger partial charge in [0, 0.05) is 25.0 Å². The molecule has 1 fully saturated rings. The summed E-state index contributed by atoms with van der Waals surface area (Å²) >= 11 is 1.72. The van der Waals surface area contributed by atoms with E-state index in [9.17, 15) is 13.2 Å². The summed E-state index contributed by atoms with van der Waals surface area (Å²) in [5.41, 5.74) is 0.335. The maximum Gasteiger partial charge on any atom is 0.337 e. The van der Waals surface area contributed by atoms with Crippen LogP contribution in [0.3, 0.4) is 0 Å². The number of ether oxygens (including phenoxy) is 1. The van der Waals surface area contributed by atoms with Crippen molar-refractivity contribution in [3.8, 4) is 0 Å². The molecule has 0 saturated carbocycles. The lowest BCUT2D eigenvalue weighted by molar-refractivity contribution is 0.0600. The molecule has 0 N–H and O–H groups in total. The van der Waals surface area contributed by atoms with Crippen molar-refractivity contribution in [2.24, 2.45) is 5.92 Å². The molecule has 0 amide bonds. The fourth-order valence-electron chi connectivity index (χ4n) is 2.98. The molecule has 0 atom stereocenters. The second kappa shape index (κ2) is 8.86. The molecule has 0 bridgehead atoms. The molecule has 0 aliphatic carbocycles. The molecule has 2 heterocycles. The summed E-state index contributed by atoms with van der Waals surface area (Å²) in [6.07, 6.45) is 3.45. The molecule has 1 saturated heterocycles. The Balaban J connectivity index is 1.57. The Bertz CT molecular complexity index is 862. The fraction of sp³-hybridized carbons (Fsp3) is 0.368. The molecular formula is C19H22N2O4S2. The van der Waals surface area contributed by atoms with E-state index in [1.54, 1.807) is 18.0 Å². The maximum atomic E-state index is 12.8. The van der Waals surface area contributed by atoms with Gasteiger partial charge in [0.25, 0.3) is 0 Å². The molecule has 0 radical (unpaired) electrons. The molecule has 0 spiro atoms. The molecule has 8 heteroatoms. The van der Waals surface area contributed by atoms with Crippen LogP contribution >= 0.6 is 11.8 Å². The number of benzene rings is 1. The smallest absolute Gasteiger partial charge is 0.337 e. The second-order valence-electron chi connectivity index (χ2n) is 6.34. The minimum Gasteiger partial charge on any atom is -0.465 e. The molecule has 1 aromatic carbocycles. The summed E-state index contributed by atoms with van der Waals surface area (Å²) in [5.74, 6) is 0.939. The Kier molecular flexibility index (Phi) is 6.51. The molecule has 1 aromatic heterocycles. The van der Waals surface area contributed by atoms with Crippen LogP contribution in [-0.2, 0) is 14.8 Å². The van der Waals surface area contributed by atoms with Crippen LogP contribution in [0.25, 0.3) is 0 Å². The summed E-state index contributed by atoms with van der Waals surface area (Å²) < 4.78 is 31.8. The highest BCUT2D eigenvalue weighted by atomic mass is 32.2. The van der Waals surface area contributed by atoms with Gasteiger partial charge in [-0.1, -0.05) is 6.07 Å². The molecule has 27 heavy (non-hydrogen) atoms. The van der Waals surface area contributed by atoms with E-state index in [4.69, 9.17) is 0 Å². The molecule has 1 aliphatic rings. The lowest BCUT2D eigenvalue weighted by Gasteiger charge is -2.31. The van der Waals surface area contributed by atoms with Crippen LogP contribution in [0.5, 0.6) is 0 Å². The van der Waals surface area contributed by atoms with Gasteiger partial charge in [-0.25, -0.2) is 18.2 Å². The molecule has 0 unspecified atom stereocenters. The number of aromatic nitrogens is 1. The van der Waals surface area contributed by atoms with Gasteiger partial charge in [0.15, 0.2) is 0 Å². The number of thioether (sulfide) groups is 1. The van der Waals surface area contributed by atoms with Crippen LogP contribution in [0.2, 0.25) is 0 Å². The first-order valence-electron chi connectivity index (χ1n) is 8.73. The van der Waals surface area contributed by atoms with Crippen molar-refractivity contribution in [1.82, 2.24) is 9.29 Å². The second-order valence-corrected chi connectivity index (χ2v) is 9.32. The number of rotatable bonds is 6. The predicted molar refractivity (Wildman–Crippen MR) is 104 cm³/mol. The number of hydrogen-bond acceptors (Lipinski definition) is 6. The van der Waals surface area contributed by atoms with Gasteiger partial charge in [-0.2, -0.15) is 4.31 Å². The fourth-order valence-corrected chi connectivity index (χ4v) is 5.50. The van der Waals surface area contributed by atoms with Gasteiger partial charge in [-0.15, -0.1) is 11.8 Å². The van der Waals surface area contributed by atoms with E-state index >= 15 is 0 Å². The zero-order chi connectivity index (χ0) is 19.3. The minimum atomic E-state index is -3.54. The first-order valence-corrected chi connectivity index (χ1v) is 11.2. The third-order valence-corrected chi connectivity index (χ3v) is 7.68. The molecule has 144 valence electrons. The normalized spacial score (nSPS) is 16.2. The highest BCUT2D eigenvalue weighted by Crippen LogP contribution is 2.28. The van der Waals surface area contributed by atoms with E-state index in [0.29, 0.717) is 24.6 Å². The summed E-state index contributed by atoms with van der Waals surface area (Å²) in [5, 5.41) is 0.998. The van der Waals surface area contributed by atoms with E-state index in [2.05, 4.69) is 9.72 Å². The Morgan fingerprint density at radius 3 is 2.48 bits per heavy atom. The Labute approximate surface area is 164 Å². The van der Waals surface area contributed by atoms with Crippen molar-refractivity contribution in [2.75, 3.05) is 26.0 Å². The minimum absolute atomic E-state index is 0.205. The van der Waals surface area contributed by atoms with Crippen molar-refractivity contribution < 1.29 is 17.9 Å². The lowest BCUT2D eigenvalue weighted by atomic mass is 10.0. The highest BCUT2D eigenvalue weighted by Gasteiger charge is 2.29. The van der Waals surface area contributed by atoms with Crippen molar-refractivity contribution in [2.45, 2.75) is 22.8 Å². The average molecular weight is 407 g/mol. The van der Waals surface area contributed by atoms with Gasteiger partial charge < -0.3 is 4.74 Å². The molecule has 3 rings (SSSR count). The number of methoxy groups -OCH3 is 1. The third-order valence-electron chi connectivity index (χ3n) is 4.59. The molecule has 2 aromatic rings. The number of carbonyl (C=O) groups excluding carboxylic acids is 1. The quantitative estimate of drug-likeness (QED) is 0.542. The van der Waals surface area contributed by atoms with Gasteiger partial charge in [0.1, 0.15) is 0 Å². The van der Waals surface area contributed by atoms with E-state index in [1.165, 1.54) is 35.7 Å². The van der Waals surface area contributed by atoms with E-state index in [0.717, 1.165) is 23.6 Å².